The quantitative estimate of drug-likeness (QED) is 0.513. The molecule has 4 nitrogen and oxygen atoms in total. The average molecular weight is 292 g/mol. The summed E-state index contributed by atoms with van der Waals surface area (Å²) in [5, 5.41) is 13.7. The third kappa shape index (κ3) is 3.27. The van der Waals surface area contributed by atoms with Gasteiger partial charge in [0.2, 0.25) is 5.82 Å². The number of nitrogens with zero attached hydrogens (tertiary/aromatic N) is 1. The highest BCUT2D eigenvalue weighted by Crippen LogP contribution is 2.22. The van der Waals surface area contributed by atoms with Crippen molar-refractivity contribution in [1.29, 1.82) is 0 Å². The molecule has 1 N–H and O–H groups in total. The fourth-order valence-electron chi connectivity index (χ4n) is 1.77. The molecule has 2 aromatic carbocycles. The standard InChI is InChI=1S/C14H13FN2O2S/c1-20-12-6-3-5-11(8-12)16-9-10-4-2-7-13(14(10)15)17(18)19/h2-8,16H,9H2,1H3. The van der Waals surface area contributed by atoms with Crippen LogP contribution in [0, 0.1) is 15.9 Å². The Labute approximate surface area is 120 Å². The van der Waals surface area contributed by atoms with E-state index in [0.29, 0.717) is 0 Å². The van der Waals surface area contributed by atoms with Crippen LogP contribution in [0.5, 0.6) is 0 Å². The molecule has 0 unspecified atom stereocenters. The molecular weight excluding hydrogens is 279 g/mol. The number of thioether (sulfide) groups is 1. The fraction of sp³-hybridized carbons (Fsp3) is 0.143. The number of benzene rings is 2. The predicted octanol–water partition coefficient (Wildman–Crippen LogP) is 4.07. The maximum absolute atomic E-state index is 13.9. The summed E-state index contributed by atoms with van der Waals surface area (Å²) in [6, 6.07) is 11.9. The van der Waals surface area contributed by atoms with Crippen molar-refractivity contribution in [3.05, 3.63) is 64.0 Å². The van der Waals surface area contributed by atoms with E-state index in [-0.39, 0.29) is 12.1 Å². The molecule has 0 amide bonds. The molecule has 2 aromatic rings. The first kappa shape index (κ1) is 14.3. The number of halogens is 1. The monoisotopic (exact) mass is 292 g/mol. The zero-order chi connectivity index (χ0) is 14.5. The summed E-state index contributed by atoms with van der Waals surface area (Å²) in [5.41, 5.74) is 0.624. The smallest absolute Gasteiger partial charge is 0.305 e. The van der Waals surface area contributed by atoms with E-state index in [9.17, 15) is 14.5 Å². The maximum Gasteiger partial charge on any atom is 0.305 e. The molecule has 6 heteroatoms. The molecule has 0 saturated carbocycles. The van der Waals surface area contributed by atoms with Gasteiger partial charge in [-0.15, -0.1) is 11.8 Å². The summed E-state index contributed by atoms with van der Waals surface area (Å²) in [6.07, 6.45) is 1.97. The Kier molecular flexibility index (Phi) is 4.57. The van der Waals surface area contributed by atoms with E-state index >= 15 is 0 Å². The second kappa shape index (κ2) is 6.38. The molecule has 0 atom stereocenters. The molecule has 104 valence electrons. The van der Waals surface area contributed by atoms with Crippen LogP contribution in [0.25, 0.3) is 0 Å². The summed E-state index contributed by atoms with van der Waals surface area (Å²) < 4.78 is 13.9. The molecule has 0 spiro atoms. The lowest BCUT2D eigenvalue weighted by molar-refractivity contribution is -0.387. The van der Waals surface area contributed by atoms with Gasteiger partial charge in [0.15, 0.2) is 0 Å². The summed E-state index contributed by atoms with van der Waals surface area (Å²) in [5.74, 6) is -0.786. The first-order valence-electron chi connectivity index (χ1n) is 5.91. The molecule has 0 aromatic heterocycles. The summed E-state index contributed by atoms with van der Waals surface area (Å²) in [4.78, 5) is 11.1. The molecule has 0 fully saturated rings. The molecule has 0 aliphatic carbocycles. The van der Waals surface area contributed by atoms with Gasteiger partial charge in [-0.05, 0) is 24.5 Å². The van der Waals surface area contributed by atoms with E-state index in [2.05, 4.69) is 5.32 Å². The highest BCUT2D eigenvalue weighted by Gasteiger charge is 2.16. The molecule has 0 bridgehead atoms. The minimum atomic E-state index is -0.786. The van der Waals surface area contributed by atoms with Crippen molar-refractivity contribution in [2.24, 2.45) is 0 Å². The zero-order valence-corrected chi connectivity index (χ0v) is 11.6. The maximum atomic E-state index is 13.9. The molecule has 2 rings (SSSR count). The van der Waals surface area contributed by atoms with Gasteiger partial charge in [-0.25, -0.2) is 0 Å². The number of nitro benzene ring substituents is 1. The second-order valence-corrected chi connectivity index (χ2v) is 4.97. The van der Waals surface area contributed by atoms with E-state index in [1.165, 1.54) is 12.1 Å². The minimum Gasteiger partial charge on any atom is -0.381 e. The molecule has 20 heavy (non-hydrogen) atoms. The van der Waals surface area contributed by atoms with Crippen molar-refractivity contribution >= 4 is 23.1 Å². The average Bonchev–Trinajstić information content (AvgIpc) is 2.46. The van der Waals surface area contributed by atoms with Crippen LogP contribution < -0.4 is 5.32 Å². The van der Waals surface area contributed by atoms with E-state index in [0.717, 1.165) is 16.6 Å². The SMILES string of the molecule is CSc1cccc(NCc2cccc([N+](=O)[O-])c2F)c1. The van der Waals surface area contributed by atoms with Gasteiger partial charge in [-0.1, -0.05) is 18.2 Å². The lowest BCUT2D eigenvalue weighted by Crippen LogP contribution is -2.04. The van der Waals surface area contributed by atoms with Crippen molar-refractivity contribution in [1.82, 2.24) is 0 Å². The topological polar surface area (TPSA) is 55.2 Å². The van der Waals surface area contributed by atoms with Gasteiger partial charge >= 0.3 is 5.69 Å². The van der Waals surface area contributed by atoms with Crippen LogP contribution in [0.1, 0.15) is 5.56 Å². The van der Waals surface area contributed by atoms with Crippen LogP contribution in [0.15, 0.2) is 47.4 Å². The van der Waals surface area contributed by atoms with E-state index < -0.39 is 16.4 Å². The largest absolute Gasteiger partial charge is 0.381 e. The van der Waals surface area contributed by atoms with Gasteiger partial charge in [0, 0.05) is 28.8 Å². The number of nitro groups is 1. The first-order valence-corrected chi connectivity index (χ1v) is 7.14. The number of rotatable bonds is 5. The molecular formula is C14H13FN2O2S. The zero-order valence-electron chi connectivity index (χ0n) is 10.8. The summed E-state index contributed by atoms with van der Waals surface area (Å²) in [6.45, 7) is 0.200. The molecule has 0 aliphatic heterocycles. The first-order chi connectivity index (χ1) is 9.61. The lowest BCUT2D eigenvalue weighted by Gasteiger charge is -2.08. The van der Waals surface area contributed by atoms with Crippen LogP contribution in [-0.4, -0.2) is 11.2 Å². The Morgan fingerprint density at radius 1 is 1.30 bits per heavy atom. The highest BCUT2D eigenvalue weighted by molar-refractivity contribution is 7.98. The van der Waals surface area contributed by atoms with Crippen LogP contribution >= 0.6 is 11.8 Å². The normalized spacial score (nSPS) is 10.3. The van der Waals surface area contributed by atoms with Crippen LogP contribution in [0.4, 0.5) is 15.8 Å². The van der Waals surface area contributed by atoms with Gasteiger partial charge in [-0.2, -0.15) is 4.39 Å². The van der Waals surface area contributed by atoms with Crippen molar-refractivity contribution < 1.29 is 9.31 Å². The minimum absolute atomic E-state index is 0.200. The molecule has 0 aliphatic rings. The third-order valence-corrected chi connectivity index (χ3v) is 3.53. The van der Waals surface area contributed by atoms with Crippen molar-refractivity contribution in [3.63, 3.8) is 0 Å². The molecule has 0 heterocycles. The Hall–Kier alpha value is -2.08. The van der Waals surface area contributed by atoms with Crippen molar-refractivity contribution in [2.45, 2.75) is 11.4 Å². The fourth-order valence-corrected chi connectivity index (χ4v) is 2.23. The van der Waals surface area contributed by atoms with Gasteiger partial charge in [0.25, 0.3) is 0 Å². The van der Waals surface area contributed by atoms with E-state index in [4.69, 9.17) is 0 Å². The second-order valence-electron chi connectivity index (χ2n) is 4.09. The molecule has 0 radical (unpaired) electrons. The summed E-state index contributed by atoms with van der Waals surface area (Å²) in [7, 11) is 0. The number of hydrogen-bond acceptors (Lipinski definition) is 4. The molecule has 0 saturated heterocycles. The number of nitrogens with one attached hydrogen (secondary N) is 1. The van der Waals surface area contributed by atoms with E-state index in [1.54, 1.807) is 11.8 Å². The van der Waals surface area contributed by atoms with Crippen LogP contribution in [0.2, 0.25) is 0 Å². The van der Waals surface area contributed by atoms with Gasteiger partial charge in [0.05, 0.1) is 4.92 Å². The van der Waals surface area contributed by atoms with Crippen LogP contribution in [0.3, 0.4) is 0 Å². The Balaban J connectivity index is 2.14. The predicted molar refractivity (Wildman–Crippen MR) is 78.6 cm³/mol. The van der Waals surface area contributed by atoms with Crippen LogP contribution in [-0.2, 0) is 6.54 Å². The van der Waals surface area contributed by atoms with Gasteiger partial charge < -0.3 is 5.32 Å². The Morgan fingerprint density at radius 2 is 2.05 bits per heavy atom. The summed E-state index contributed by atoms with van der Waals surface area (Å²) >= 11 is 1.61. The number of anilines is 1. The van der Waals surface area contributed by atoms with Crippen molar-refractivity contribution in [3.8, 4) is 0 Å². The third-order valence-electron chi connectivity index (χ3n) is 2.81. The van der Waals surface area contributed by atoms with Crippen molar-refractivity contribution in [2.75, 3.05) is 11.6 Å². The lowest BCUT2D eigenvalue weighted by atomic mass is 10.2. The number of hydrogen-bond donors (Lipinski definition) is 1. The van der Waals surface area contributed by atoms with Gasteiger partial charge in [-0.3, -0.25) is 10.1 Å². The van der Waals surface area contributed by atoms with Gasteiger partial charge in [0.1, 0.15) is 0 Å². The Morgan fingerprint density at radius 3 is 2.75 bits per heavy atom. The highest BCUT2D eigenvalue weighted by atomic mass is 32.2. The van der Waals surface area contributed by atoms with E-state index in [1.807, 2.05) is 30.5 Å². The Bertz CT molecular complexity index is 634.